The van der Waals surface area contributed by atoms with Gasteiger partial charge in [-0.05, 0) is 55.8 Å². The molecule has 0 radical (unpaired) electrons. The van der Waals surface area contributed by atoms with Crippen LogP contribution < -0.4 is 15.6 Å². The smallest absolute Gasteiger partial charge is 0.267 e. The SMILES string of the molecule is COc1ccc(-c2ccc(=O)n(CC(=O)Nc3ccc(C)cc3C)n2)cc1. The Labute approximate surface area is 157 Å². The van der Waals surface area contributed by atoms with E-state index in [1.807, 2.05) is 56.3 Å². The van der Waals surface area contributed by atoms with Crippen LogP contribution in [-0.4, -0.2) is 22.8 Å². The number of amides is 1. The molecule has 0 spiro atoms. The van der Waals surface area contributed by atoms with Crippen molar-refractivity contribution in [1.82, 2.24) is 9.78 Å². The lowest BCUT2D eigenvalue weighted by atomic mass is 10.1. The van der Waals surface area contributed by atoms with Gasteiger partial charge in [0.25, 0.3) is 5.56 Å². The average molecular weight is 363 g/mol. The van der Waals surface area contributed by atoms with Gasteiger partial charge in [-0.2, -0.15) is 5.10 Å². The number of benzene rings is 2. The Morgan fingerprint density at radius 3 is 2.48 bits per heavy atom. The van der Waals surface area contributed by atoms with Crippen LogP contribution in [0.4, 0.5) is 5.69 Å². The Morgan fingerprint density at radius 1 is 1.07 bits per heavy atom. The van der Waals surface area contributed by atoms with Crippen LogP contribution in [0.3, 0.4) is 0 Å². The van der Waals surface area contributed by atoms with Crippen molar-refractivity contribution in [2.75, 3.05) is 12.4 Å². The highest BCUT2D eigenvalue weighted by Gasteiger charge is 2.10. The lowest BCUT2D eigenvalue weighted by Crippen LogP contribution is -2.29. The highest BCUT2D eigenvalue weighted by atomic mass is 16.5. The number of aryl methyl sites for hydroxylation is 2. The van der Waals surface area contributed by atoms with Crippen molar-refractivity contribution in [3.63, 3.8) is 0 Å². The number of nitrogens with one attached hydrogen (secondary N) is 1. The van der Waals surface area contributed by atoms with Crippen molar-refractivity contribution in [3.05, 3.63) is 76.1 Å². The van der Waals surface area contributed by atoms with E-state index in [4.69, 9.17) is 4.74 Å². The van der Waals surface area contributed by atoms with E-state index in [0.29, 0.717) is 5.69 Å². The predicted octanol–water partition coefficient (Wildman–Crippen LogP) is 3.17. The Morgan fingerprint density at radius 2 is 1.81 bits per heavy atom. The molecule has 1 aromatic heterocycles. The number of nitrogens with zero attached hydrogens (tertiary/aromatic N) is 2. The number of aromatic nitrogens is 2. The predicted molar refractivity (Wildman–Crippen MR) is 105 cm³/mol. The zero-order chi connectivity index (χ0) is 19.4. The second-order valence-corrected chi connectivity index (χ2v) is 6.31. The molecule has 0 aliphatic heterocycles. The van der Waals surface area contributed by atoms with Gasteiger partial charge in [0.15, 0.2) is 0 Å². The second-order valence-electron chi connectivity index (χ2n) is 6.31. The zero-order valence-corrected chi connectivity index (χ0v) is 15.5. The molecule has 2 aromatic carbocycles. The Kier molecular flexibility index (Phi) is 5.35. The minimum Gasteiger partial charge on any atom is -0.497 e. The van der Waals surface area contributed by atoms with Gasteiger partial charge in [-0.15, -0.1) is 0 Å². The molecular formula is C21H21N3O3. The fourth-order valence-electron chi connectivity index (χ4n) is 2.76. The number of carbonyl (C=O) groups excluding carboxylic acids is 1. The van der Waals surface area contributed by atoms with Crippen LogP contribution in [0.1, 0.15) is 11.1 Å². The second kappa shape index (κ2) is 7.86. The molecule has 0 aliphatic rings. The van der Waals surface area contributed by atoms with Gasteiger partial charge in [-0.25, -0.2) is 4.68 Å². The summed E-state index contributed by atoms with van der Waals surface area (Å²) in [6.07, 6.45) is 0. The number of hydrogen-bond donors (Lipinski definition) is 1. The third-order valence-electron chi connectivity index (χ3n) is 4.20. The summed E-state index contributed by atoms with van der Waals surface area (Å²) in [5, 5.41) is 7.15. The van der Waals surface area contributed by atoms with Crippen molar-refractivity contribution in [3.8, 4) is 17.0 Å². The standard InChI is InChI=1S/C21H21N3O3/c1-14-4-9-18(15(2)12-14)22-20(25)13-24-21(26)11-10-19(23-24)16-5-7-17(27-3)8-6-16/h4-12H,13H2,1-3H3,(H,22,25). The molecule has 0 aliphatic carbocycles. The molecule has 1 amide bonds. The van der Waals surface area contributed by atoms with Crippen molar-refractivity contribution in [2.24, 2.45) is 0 Å². The van der Waals surface area contributed by atoms with Crippen LogP contribution in [0.25, 0.3) is 11.3 Å². The van der Waals surface area contributed by atoms with E-state index in [9.17, 15) is 9.59 Å². The molecule has 6 heteroatoms. The molecule has 6 nitrogen and oxygen atoms in total. The lowest BCUT2D eigenvalue weighted by Gasteiger charge is -2.11. The first kappa shape index (κ1) is 18.4. The van der Waals surface area contributed by atoms with Crippen molar-refractivity contribution < 1.29 is 9.53 Å². The summed E-state index contributed by atoms with van der Waals surface area (Å²) in [7, 11) is 1.60. The van der Waals surface area contributed by atoms with Crippen LogP contribution in [0, 0.1) is 13.8 Å². The van der Waals surface area contributed by atoms with Gasteiger partial charge in [0.2, 0.25) is 5.91 Å². The van der Waals surface area contributed by atoms with Crippen LogP contribution >= 0.6 is 0 Å². The third-order valence-corrected chi connectivity index (χ3v) is 4.20. The normalized spacial score (nSPS) is 10.5. The number of rotatable bonds is 5. The molecule has 0 unspecified atom stereocenters. The topological polar surface area (TPSA) is 73.2 Å². The zero-order valence-electron chi connectivity index (χ0n) is 15.5. The highest BCUT2D eigenvalue weighted by Crippen LogP contribution is 2.19. The van der Waals surface area contributed by atoms with Gasteiger partial charge in [-0.1, -0.05) is 17.7 Å². The van der Waals surface area contributed by atoms with E-state index >= 15 is 0 Å². The third kappa shape index (κ3) is 4.41. The fourth-order valence-corrected chi connectivity index (χ4v) is 2.76. The molecule has 0 atom stereocenters. The highest BCUT2D eigenvalue weighted by molar-refractivity contribution is 5.91. The first-order valence-corrected chi connectivity index (χ1v) is 8.56. The minimum absolute atomic E-state index is 0.157. The Balaban J connectivity index is 1.79. The van der Waals surface area contributed by atoms with E-state index in [0.717, 1.165) is 28.1 Å². The first-order chi connectivity index (χ1) is 13.0. The number of ether oxygens (including phenoxy) is 1. The van der Waals surface area contributed by atoms with Crippen molar-refractivity contribution >= 4 is 11.6 Å². The van der Waals surface area contributed by atoms with E-state index < -0.39 is 0 Å². The molecule has 1 N–H and O–H groups in total. The van der Waals surface area contributed by atoms with Gasteiger partial charge < -0.3 is 10.1 Å². The average Bonchev–Trinajstić information content (AvgIpc) is 2.66. The quantitative estimate of drug-likeness (QED) is 0.756. The summed E-state index contributed by atoms with van der Waals surface area (Å²) in [5.74, 6) is 0.434. The number of anilines is 1. The van der Waals surface area contributed by atoms with Gasteiger partial charge in [-0.3, -0.25) is 9.59 Å². The lowest BCUT2D eigenvalue weighted by molar-refractivity contribution is -0.117. The molecule has 0 saturated heterocycles. The summed E-state index contributed by atoms with van der Waals surface area (Å²) >= 11 is 0. The molecule has 27 heavy (non-hydrogen) atoms. The summed E-state index contributed by atoms with van der Waals surface area (Å²) in [6.45, 7) is 3.76. The monoisotopic (exact) mass is 363 g/mol. The van der Waals surface area contributed by atoms with Crippen LogP contribution in [0.5, 0.6) is 5.75 Å². The van der Waals surface area contributed by atoms with E-state index in [2.05, 4.69) is 10.4 Å². The van der Waals surface area contributed by atoms with Gasteiger partial charge >= 0.3 is 0 Å². The summed E-state index contributed by atoms with van der Waals surface area (Å²) in [4.78, 5) is 24.5. The van der Waals surface area contributed by atoms with Crippen LogP contribution in [0.15, 0.2) is 59.4 Å². The van der Waals surface area contributed by atoms with Gasteiger partial charge in [0.1, 0.15) is 12.3 Å². The summed E-state index contributed by atoms with van der Waals surface area (Å²) < 4.78 is 6.31. The maximum atomic E-state index is 12.4. The Bertz CT molecular complexity index is 1020. The molecule has 1 heterocycles. The maximum Gasteiger partial charge on any atom is 0.267 e. The number of carbonyl (C=O) groups is 1. The van der Waals surface area contributed by atoms with Crippen LogP contribution in [-0.2, 0) is 11.3 Å². The van der Waals surface area contributed by atoms with Crippen molar-refractivity contribution in [2.45, 2.75) is 20.4 Å². The molecule has 0 bridgehead atoms. The summed E-state index contributed by atoms with van der Waals surface area (Å²) in [6, 6.07) is 16.2. The first-order valence-electron chi connectivity index (χ1n) is 8.56. The van der Waals surface area contributed by atoms with Crippen LogP contribution in [0.2, 0.25) is 0 Å². The molecule has 0 saturated carbocycles. The minimum atomic E-state index is -0.331. The van der Waals surface area contributed by atoms with E-state index in [1.54, 1.807) is 13.2 Å². The Hall–Kier alpha value is -3.41. The van der Waals surface area contributed by atoms with Gasteiger partial charge in [0.05, 0.1) is 12.8 Å². The number of methoxy groups -OCH3 is 1. The molecule has 3 aromatic rings. The fraction of sp³-hybridized carbons (Fsp3) is 0.190. The van der Waals surface area contributed by atoms with E-state index in [-0.39, 0.29) is 18.0 Å². The molecule has 3 rings (SSSR count). The molecule has 0 fully saturated rings. The van der Waals surface area contributed by atoms with Crippen molar-refractivity contribution in [1.29, 1.82) is 0 Å². The maximum absolute atomic E-state index is 12.4. The summed E-state index contributed by atoms with van der Waals surface area (Å²) in [5.41, 5.74) is 3.93. The molecular weight excluding hydrogens is 342 g/mol. The molecule has 138 valence electrons. The number of hydrogen-bond acceptors (Lipinski definition) is 4. The largest absolute Gasteiger partial charge is 0.497 e. The van der Waals surface area contributed by atoms with Gasteiger partial charge in [0, 0.05) is 17.3 Å². The van der Waals surface area contributed by atoms with E-state index in [1.165, 1.54) is 10.7 Å².